The fraction of sp³-hybridized carbons (Fsp3) is 0.552. The van der Waals surface area contributed by atoms with E-state index in [4.69, 9.17) is 9.72 Å². The average Bonchev–Trinajstić information content (AvgIpc) is 3.04. The van der Waals surface area contributed by atoms with E-state index in [-0.39, 0.29) is 34.4 Å². The molecule has 7 nitrogen and oxygen atoms in total. The summed E-state index contributed by atoms with van der Waals surface area (Å²) in [7, 11) is 1.80. The van der Waals surface area contributed by atoms with Crippen molar-refractivity contribution in [1.29, 1.82) is 0 Å². The van der Waals surface area contributed by atoms with E-state index in [1.807, 2.05) is 41.8 Å². The zero-order chi connectivity index (χ0) is 26.3. The normalized spacial score (nSPS) is 19.9. The molecular formula is C29H40N4O3. The number of ether oxygens (including phenoxy) is 1. The lowest BCUT2D eigenvalue weighted by atomic mass is 9.68. The monoisotopic (exact) mass is 492 g/mol. The molecule has 3 aromatic rings. The summed E-state index contributed by atoms with van der Waals surface area (Å²) < 4.78 is 8.98. The Bertz CT molecular complexity index is 1300. The fourth-order valence-corrected chi connectivity index (χ4v) is 5.22. The molecule has 2 aromatic heterocycles. The smallest absolute Gasteiger partial charge is 0.330 e. The van der Waals surface area contributed by atoms with Crippen LogP contribution in [-0.4, -0.2) is 32.7 Å². The second kappa shape index (κ2) is 9.75. The number of aryl methyl sites for hydroxylation is 1. The molecule has 0 bridgehead atoms. The molecule has 194 valence electrons. The number of carbonyl (C=O) groups is 1. The highest BCUT2D eigenvalue weighted by atomic mass is 16.5. The van der Waals surface area contributed by atoms with Gasteiger partial charge in [0.2, 0.25) is 0 Å². The van der Waals surface area contributed by atoms with E-state index in [1.165, 1.54) is 0 Å². The number of imidazole rings is 1. The minimum Gasteiger partial charge on any atom is -0.494 e. The summed E-state index contributed by atoms with van der Waals surface area (Å²) in [5.74, 6) is 0.912. The van der Waals surface area contributed by atoms with Gasteiger partial charge in [-0.25, -0.2) is 9.78 Å². The average molecular weight is 493 g/mol. The summed E-state index contributed by atoms with van der Waals surface area (Å²) in [5.41, 5.74) is 3.15. The molecule has 1 aliphatic rings. The summed E-state index contributed by atoms with van der Waals surface area (Å²) in [6.07, 6.45) is 2.79. The lowest BCUT2D eigenvalue weighted by Gasteiger charge is -2.42. The van der Waals surface area contributed by atoms with Crippen molar-refractivity contribution >= 4 is 17.1 Å². The third-order valence-electron chi connectivity index (χ3n) is 7.39. The first-order chi connectivity index (χ1) is 16.9. The molecule has 2 atom stereocenters. The number of benzene rings is 1. The molecule has 1 amide bonds. The van der Waals surface area contributed by atoms with Crippen LogP contribution in [0.4, 0.5) is 0 Å². The Morgan fingerprint density at radius 2 is 1.86 bits per heavy atom. The largest absolute Gasteiger partial charge is 0.494 e. The van der Waals surface area contributed by atoms with Gasteiger partial charge in [0, 0.05) is 36.8 Å². The summed E-state index contributed by atoms with van der Waals surface area (Å²) in [5, 5.41) is 3.30. The number of nitrogens with zero attached hydrogens (tertiary/aromatic N) is 3. The topological polar surface area (TPSA) is 78.2 Å². The highest BCUT2D eigenvalue weighted by Crippen LogP contribution is 2.42. The predicted molar refractivity (Wildman–Crippen MR) is 144 cm³/mol. The van der Waals surface area contributed by atoms with Crippen molar-refractivity contribution in [3.63, 3.8) is 0 Å². The fourth-order valence-electron chi connectivity index (χ4n) is 5.22. The van der Waals surface area contributed by atoms with Crippen LogP contribution >= 0.6 is 0 Å². The first-order valence-electron chi connectivity index (χ1n) is 13.0. The summed E-state index contributed by atoms with van der Waals surface area (Å²) in [6, 6.07) is 11.4. The van der Waals surface area contributed by atoms with Gasteiger partial charge >= 0.3 is 5.69 Å². The number of rotatable bonds is 6. The standard InChI is InChI=1S/C29H40N4O3/c1-8-36-21-11-9-19(10-12-21)26(34)31-24-17-20(15-16-29(24,5)6)22-13-14-23-25(30-22)32(7)27(35)33(23)18-28(2,3)4/h9-14,20,24H,8,15-18H2,1-7H3,(H,31,34). The maximum atomic E-state index is 13.1. The highest BCUT2D eigenvalue weighted by molar-refractivity contribution is 5.94. The van der Waals surface area contributed by atoms with Crippen molar-refractivity contribution in [2.24, 2.45) is 17.9 Å². The predicted octanol–water partition coefficient (Wildman–Crippen LogP) is 5.27. The molecule has 0 radical (unpaired) electrons. The number of aromatic nitrogens is 3. The molecule has 36 heavy (non-hydrogen) atoms. The Morgan fingerprint density at radius 3 is 2.50 bits per heavy atom. The van der Waals surface area contributed by atoms with Gasteiger partial charge in [-0.05, 0) is 73.4 Å². The van der Waals surface area contributed by atoms with Gasteiger partial charge in [0.05, 0.1) is 12.1 Å². The first-order valence-corrected chi connectivity index (χ1v) is 13.0. The van der Waals surface area contributed by atoms with Crippen LogP contribution in [0.25, 0.3) is 11.2 Å². The Balaban J connectivity index is 1.56. The number of hydrogen-bond acceptors (Lipinski definition) is 4. The van der Waals surface area contributed by atoms with E-state index in [0.717, 1.165) is 41.9 Å². The van der Waals surface area contributed by atoms with Crippen molar-refractivity contribution in [2.45, 2.75) is 79.3 Å². The number of hydrogen-bond donors (Lipinski definition) is 1. The third-order valence-corrected chi connectivity index (χ3v) is 7.39. The minimum atomic E-state index is -0.0677. The molecule has 1 fully saturated rings. The zero-order valence-electron chi connectivity index (χ0n) is 22.7. The van der Waals surface area contributed by atoms with E-state index in [1.54, 1.807) is 11.6 Å². The maximum Gasteiger partial charge on any atom is 0.330 e. The zero-order valence-corrected chi connectivity index (χ0v) is 22.7. The van der Waals surface area contributed by atoms with E-state index < -0.39 is 0 Å². The number of nitrogens with one attached hydrogen (secondary N) is 1. The molecule has 2 unspecified atom stereocenters. The lowest BCUT2D eigenvalue weighted by molar-refractivity contribution is 0.0836. The van der Waals surface area contributed by atoms with Crippen LogP contribution < -0.4 is 15.7 Å². The molecular weight excluding hydrogens is 452 g/mol. The molecule has 7 heteroatoms. The first kappa shape index (κ1) is 26.0. The van der Waals surface area contributed by atoms with Crippen molar-refractivity contribution < 1.29 is 9.53 Å². The SMILES string of the molecule is CCOc1ccc(C(=O)NC2CC(c3ccc4c(n3)n(C)c(=O)n4CC(C)(C)C)CCC2(C)C)cc1. The van der Waals surface area contributed by atoms with Gasteiger partial charge in [0.25, 0.3) is 5.91 Å². The van der Waals surface area contributed by atoms with E-state index in [0.29, 0.717) is 18.7 Å². The molecule has 0 aliphatic heterocycles. The summed E-state index contributed by atoms with van der Waals surface area (Å²) in [6.45, 7) is 14.0. The summed E-state index contributed by atoms with van der Waals surface area (Å²) in [4.78, 5) is 31.0. The Morgan fingerprint density at radius 1 is 1.17 bits per heavy atom. The van der Waals surface area contributed by atoms with E-state index >= 15 is 0 Å². The van der Waals surface area contributed by atoms with Gasteiger partial charge in [-0.1, -0.05) is 34.6 Å². The van der Waals surface area contributed by atoms with Crippen LogP contribution in [0.5, 0.6) is 5.75 Å². The van der Waals surface area contributed by atoms with Gasteiger partial charge in [-0.15, -0.1) is 0 Å². The van der Waals surface area contributed by atoms with Gasteiger partial charge in [0.1, 0.15) is 5.75 Å². The lowest BCUT2D eigenvalue weighted by Crippen LogP contribution is -2.48. The number of amides is 1. The second-order valence-corrected chi connectivity index (χ2v) is 12.0. The molecule has 1 aromatic carbocycles. The summed E-state index contributed by atoms with van der Waals surface area (Å²) >= 11 is 0. The Labute approximate surface area is 213 Å². The van der Waals surface area contributed by atoms with Crippen molar-refractivity contribution in [3.8, 4) is 5.75 Å². The van der Waals surface area contributed by atoms with Gasteiger partial charge in [0.15, 0.2) is 5.65 Å². The molecule has 2 heterocycles. The third kappa shape index (κ3) is 5.35. The van der Waals surface area contributed by atoms with Gasteiger partial charge in [-0.3, -0.25) is 13.9 Å². The van der Waals surface area contributed by atoms with E-state index in [2.05, 4.69) is 46.0 Å². The maximum absolute atomic E-state index is 13.1. The second-order valence-electron chi connectivity index (χ2n) is 12.0. The molecule has 4 rings (SSSR count). The number of fused-ring (bicyclic) bond motifs is 1. The van der Waals surface area contributed by atoms with Crippen LogP contribution in [0.15, 0.2) is 41.2 Å². The molecule has 0 spiro atoms. The van der Waals surface area contributed by atoms with Crippen molar-refractivity contribution in [3.05, 3.63) is 58.1 Å². The van der Waals surface area contributed by atoms with E-state index in [9.17, 15) is 9.59 Å². The van der Waals surface area contributed by atoms with Crippen LogP contribution in [0, 0.1) is 10.8 Å². The van der Waals surface area contributed by atoms with Crippen LogP contribution in [-0.2, 0) is 13.6 Å². The van der Waals surface area contributed by atoms with Crippen molar-refractivity contribution in [2.75, 3.05) is 6.61 Å². The van der Waals surface area contributed by atoms with Crippen molar-refractivity contribution in [1.82, 2.24) is 19.4 Å². The Hall–Kier alpha value is -3.09. The number of carbonyl (C=O) groups excluding carboxylic acids is 1. The number of pyridine rings is 1. The molecule has 1 N–H and O–H groups in total. The molecule has 0 saturated heterocycles. The van der Waals surface area contributed by atoms with Crippen LogP contribution in [0.3, 0.4) is 0 Å². The minimum absolute atomic E-state index is 0.0134. The highest BCUT2D eigenvalue weighted by Gasteiger charge is 2.38. The Kier molecular flexibility index (Phi) is 7.04. The van der Waals surface area contributed by atoms with Crippen LogP contribution in [0.2, 0.25) is 0 Å². The molecule has 1 saturated carbocycles. The van der Waals surface area contributed by atoms with Crippen LogP contribution in [0.1, 0.15) is 82.8 Å². The quantitative estimate of drug-likeness (QED) is 0.508. The van der Waals surface area contributed by atoms with Gasteiger partial charge < -0.3 is 10.1 Å². The van der Waals surface area contributed by atoms with Gasteiger partial charge in [-0.2, -0.15) is 0 Å². The molecule has 1 aliphatic carbocycles.